The number of carbonyl (C=O) groups excluding carboxylic acids is 1. The fraction of sp³-hybridized carbons (Fsp3) is 0.111. The molecule has 1 aromatic carbocycles. The Balaban J connectivity index is 1.65. The zero-order valence-electron chi connectivity index (χ0n) is 13.9. The topological polar surface area (TPSA) is 88.7 Å². The molecule has 0 aliphatic rings. The number of hydrogen-bond donors (Lipinski definition) is 1. The Morgan fingerprint density at radius 1 is 1.19 bits per heavy atom. The van der Waals surface area contributed by atoms with E-state index in [2.05, 4.69) is 10.5 Å². The number of carbonyl (C=O) groups is 1. The fourth-order valence-corrected chi connectivity index (χ4v) is 4.25. The van der Waals surface area contributed by atoms with Crippen molar-refractivity contribution in [3.05, 3.63) is 75.9 Å². The van der Waals surface area contributed by atoms with Gasteiger partial charge in [-0.2, -0.15) is 5.10 Å². The molecule has 134 valence electrons. The van der Waals surface area contributed by atoms with Gasteiger partial charge in [-0.15, -0.1) is 11.3 Å². The number of amides is 1. The molecule has 0 bridgehead atoms. The quantitative estimate of drug-likeness (QED) is 0.518. The summed E-state index contributed by atoms with van der Waals surface area (Å²) in [5, 5.41) is 5.83. The van der Waals surface area contributed by atoms with Crippen molar-refractivity contribution in [3.63, 3.8) is 0 Å². The van der Waals surface area contributed by atoms with Gasteiger partial charge in [0.25, 0.3) is 0 Å². The molecule has 3 rings (SSSR count). The van der Waals surface area contributed by atoms with Gasteiger partial charge < -0.3 is 4.42 Å². The average Bonchev–Trinajstić information content (AvgIpc) is 3.25. The molecule has 0 fully saturated rings. The highest BCUT2D eigenvalue weighted by atomic mass is 32.2. The van der Waals surface area contributed by atoms with Gasteiger partial charge in [0.05, 0.1) is 11.1 Å². The molecule has 8 heteroatoms. The Labute approximate surface area is 155 Å². The molecule has 6 nitrogen and oxygen atoms in total. The van der Waals surface area contributed by atoms with Crippen molar-refractivity contribution in [2.24, 2.45) is 5.10 Å². The molecule has 3 aromatic rings. The Kier molecular flexibility index (Phi) is 5.34. The molecule has 2 heterocycles. The van der Waals surface area contributed by atoms with Crippen LogP contribution in [0.5, 0.6) is 0 Å². The van der Waals surface area contributed by atoms with E-state index in [0.717, 1.165) is 10.4 Å². The number of nitrogens with zero attached hydrogens (tertiary/aromatic N) is 1. The molecule has 0 atom stereocenters. The fourth-order valence-electron chi connectivity index (χ4n) is 2.20. The second-order valence-corrected chi connectivity index (χ2v) is 8.44. The first kappa shape index (κ1) is 18.1. The lowest BCUT2D eigenvalue weighted by atomic mass is 10.3. The maximum absolute atomic E-state index is 12.3. The average molecular weight is 388 g/mol. The number of aryl methyl sites for hydroxylation is 1. The zero-order chi connectivity index (χ0) is 18.6. The third kappa shape index (κ3) is 4.27. The first-order valence-electron chi connectivity index (χ1n) is 7.70. The summed E-state index contributed by atoms with van der Waals surface area (Å²) >= 11 is 1.51. The van der Waals surface area contributed by atoms with Crippen LogP contribution >= 0.6 is 11.3 Å². The van der Waals surface area contributed by atoms with Crippen molar-refractivity contribution >= 4 is 33.3 Å². The first-order valence-corrected chi connectivity index (χ1v) is 10.2. The van der Waals surface area contributed by atoms with Crippen LogP contribution in [0, 0.1) is 6.92 Å². The van der Waals surface area contributed by atoms with Crippen LogP contribution in [-0.4, -0.2) is 20.5 Å². The monoisotopic (exact) mass is 388 g/mol. The van der Waals surface area contributed by atoms with Gasteiger partial charge >= 0.3 is 5.91 Å². The van der Waals surface area contributed by atoms with Gasteiger partial charge in [0.15, 0.2) is 15.6 Å². The van der Waals surface area contributed by atoms with E-state index < -0.39 is 15.7 Å². The van der Waals surface area contributed by atoms with E-state index in [4.69, 9.17) is 4.42 Å². The standard InChI is InChI=1S/C18H16N2O4S2/c1-13-9-10-25-17(13)11-19-20-18(21)16-8-7-14(24-16)12-26(22,23)15-5-3-2-4-6-15/h2-11H,12H2,1H3,(H,20,21)/b19-11-. The second kappa shape index (κ2) is 7.67. The molecule has 0 aliphatic heterocycles. The molecule has 0 radical (unpaired) electrons. The van der Waals surface area contributed by atoms with E-state index in [1.54, 1.807) is 24.4 Å². The number of sulfone groups is 1. The summed E-state index contributed by atoms with van der Waals surface area (Å²) in [5.74, 6) is -0.665. The van der Waals surface area contributed by atoms with Crippen molar-refractivity contribution in [2.45, 2.75) is 17.6 Å². The third-order valence-electron chi connectivity index (χ3n) is 3.57. The molecule has 1 N–H and O–H groups in total. The lowest BCUT2D eigenvalue weighted by Crippen LogP contribution is -2.16. The summed E-state index contributed by atoms with van der Waals surface area (Å²) in [6, 6.07) is 13.0. The number of hydrazone groups is 1. The van der Waals surface area contributed by atoms with Crippen LogP contribution in [0.4, 0.5) is 0 Å². The highest BCUT2D eigenvalue weighted by molar-refractivity contribution is 7.90. The summed E-state index contributed by atoms with van der Waals surface area (Å²) in [6.07, 6.45) is 1.56. The third-order valence-corrected chi connectivity index (χ3v) is 6.18. The zero-order valence-corrected chi connectivity index (χ0v) is 15.5. The summed E-state index contributed by atoms with van der Waals surface area (Å²) in [7, 11) is -3.53. The smallest absolute Gasteiger partial charge is 0.307 e. The van der Waals surface area contributed by atoms with E-state index in [0.29, 0.717) is 0 Å². The van der Waals surface area contributed by atoms with Crippen LogP contribution in [0.15, 0.2) is 68.3 Å². The van der Waals surface area contributed by atoms with Crippen molar-refractivity contribution in [1.82, 2.24) is 5.43 Å². The van der Waals surface area contributed by atoms with Crippen molar-refractivity contribution in [1.29, 1.82) is 0 Å². The Hall–Kier alpha value is -2.71. The van der Waals surface area contributed by atoms with Crippen LogP contribution < -0.4 is 5.43 Å². The number of thiophene rings is 1. The van der Waals surface area contributed by atoms with Gasteiger partial charge in [0.1, 0.15) is 11.5 Å². The van der Waals surface area contributed by atoms with Crippen LogP contribution in [-0.2, 0) is 15.6 Å². The van der Waals surface area contributed by atoms with E-state index in [1.165, 1.54) is 35.6 Å². The normalized spacial score (nSPS) is 11.7. The van der Waals surface area contributed by atoms with Gasteiger partial charge in [0.2, 0.25) is 0 Å². The Bertz CT molecular complexity index is 1030. The molecule has 1 amide bonds. The van der Waals surface area contributed by atoms with E-state index in [1.807, 2.05) is 18.4 Å². The van der Waals surface area contributed by atoms with Crippen LogP contribution in [0.2, 0.25) is 0 Å². The molecule has 0 saturated carbocycles. The minimum atomic E-state index is -3.53. The van der Waals surface area contributed by atoms with Crippen molar-refractivity contribution < 1.29 is 17.6 Å². The number of benzene rings is 1. The first-order chi connectivity index (χ1) is 12.5. The number of hydrogen-bond acceptors (Lipinski definition) is 6. The lowest BCUT2D eigenvalue weighted by Gasteiger charge is -2.02. The van der Waals surface area contributed by atoms with Gasteiger partial charge in [-0.05, 0) is 48.2 Å². The second-order valence-electron chi connectivity index (χ2n) is 5.51. The molecule has 0 saturated heterocycles. The maximum atomic E-state index is 12.3. The molecular weight excluding hydrogens is 372 g/mol. The van der Waals surface area contributed by atoms with Gasteiger partial charge in [-0.3, -0.25) is 4.79 Å². The van der Waals surface area contributed by atoms with Gasteiger partial charge in [-0.1, -0.05) is 18.2 Å². The lowest BCUT2D eigenvalue weighted by molar-refractivity contribution is 0.0926. The molecule has 0 aliphatic carbocycles. The minimum Gasteiger partial charge on any atom is -0.455 e. The molecular formula is C18H16N2O4S2. The summed E-state index contributed by atoms with van der Waals surface area (Å²) < 4.78 is 30.0. The van der Waals surface area contributed by atoms with E-state index in [-0.39, 0.29) is 22.2 Å². The SMILES string of the molecule is Cc1ccsc1/C=N\NC(=O)c1ccc(CS(=O)(=O)c2ccccc2)o1. The molecule has 0 spiro atoms. The van der Waals surface area contributed by atoms with Gasteiger partial charge in [0, 0.05) is 4.88 Å². The largest absolute Gasteiger partial charge is 0.455 e. The van der Waals surface area contributed by atoms with E-state index >= 15 is 0 Å². The Morgan fingerprint density at radius 2 is 1.96 bits per heavy atom. The van der Waals surface area contributed by atoms with Crippen LogP contribution in [0.1, 0.15) is 26.8 Å². The maximum Gasteiger partial charge on any atom is 0.307 e. The highest BCUT2D eigenvalue weighted by Crippen LogP contribution is 2.18. The number of nitrogens with one attached hydrogen (secondary N) is 1. The molecule has 26 heavy (non-hydrogen) atoms. The highest BCUT2D eigenvalue weighted by Gasteiger charge is 2.19. The van der Waals surface area contributed by atoms with Crippen LogP contribution in [0.3, 0.4) is 0 Å². The Morgan fingerprint density at radius 3 is 2.65 bits per heavy atom. The van der Waals surface area contributed by atoms with Gasteiger partial charge in [-0.25, -0.2) is 13.8 Å². The van der Waals surface area contributed by atoms with E-state index in [9.17, 15) is 13.2 Å². The van der Waals surface area contributed by atoms with Crippen molar-refractivity contribution in [3.8, 4) is 0 Å². The molecule has 0 unspecified atom stereocenters. The molecule has 2 aromatic heterocycles. The summed E-state index contributed by atoms with van der Waals surface area (Å²) in [6.45, 7) is 1.95. The predicted octanol–water partition coefficient (Wildman–Crippen LogP) is 3.39. The summed E-state index contributed by atoms with van der Waals surface area (Å²) in [4.78, 5) is 13.2. The van der Waals surface area contributed by atoms with Crippen molar-refractivity contribution in [2.75, 3.05) is 0 Å². The van der Waals surface area contributed by atoms with Crippen LogP contribution in [0.25, 0.3) is 0 Å². The number of rotatable bonds is 6. The predicted molar refractivity (Wildman–Crippen MR) is 100 cm³/mol. The minimum absolute atomic E-state index is 0.00307. The summed E-state index contributed by atoms with van der Waals surface area (Å²) in [5.41, 5.74) is 3.44. The number of furan rings is 1.